The van der Waals surface area contributed by atoms with Gasteiger partial charge in [0.15, 0.2) is 16.6 Å². The fraction of sp³-hybridized carbons (Fsp3) is 0.111. The smallest absolute Gasteiger partial charge is 0.270 e. The number of hydrogen-bond acceptors (Lipinski definition) is 5. The quantitative estimate of drug-likeness (QED) is 0.756. The maximum Gasteiger partial charge on any atom is 0.270 e. The summed E-state index contributed by atoms with van der Waals surface area (Å²) in [5.41, 5.74) is 0.475. The molecule has 0 radical (unpaired) electrons. The molecular formula is C18H12F2N2O3S. The minimum absolute atomic E-state index is 0.0771. The first kappa shape index (κ1) is 16.5. The van der Waals surface area contributed by atoms with Gasteiger partial charge in [-0.3, -0.25) is 10.1 Å². The number of hydrogen-bond donors (Lipinski definition) is 1. The van der Waals surface area contributed by atoms with Gasteiger partial charge in [-0.15, -0.1) is 11.3 Å². The van der Waals surface area contributed by atoms with Crippen LogP contribution in [0.4, 0.5) is 13.9 Å². The Morgan fingerprint density at radius 2 is 2.00 bits per heavy atom. The fourth-order valence-corrected chi connectivity index (χ4v) is 3.20. The number of nitrogens with one attached hydrogen (secondary N) is 1. The SMILES string of the molecule is O=C(Nc1nc(-c2ccc(F)cc2F)cs1)C1COc2ccccc2O1. The van der Waals surface area contributed by atoms with Crippen molar-refractivity contribution in [2.75, 3.05) is 11.9 Å². The van der Waals surface area contributed by atoms with Crippen LogP contribution in [0.1, 0.15) is 0 Å². The van der Waals surface area contributed by atoms with E-state index in [2.05, 4.69) is 10.3 Å². The molecule has 1 aromatic heterocycles. The molecule has 0 spiro atoms. The Morgan fingerprint density at radius 3 is 2.81 bits per heavy atom. The minimum atomic E-state index is -0.820. The second-order valence-corrected chi connectivity index (χ2v) is 6.37. The number of anilines is 1. The van der Waals surface area contributed by atoms with E-state index in [-0.39, 0.29) is 17.3 Å². The van der Waals surface area contributed by atoms with Crippen LogP contribution < -0.4 is 14.8 Å². The van der Waals surface area contributed by atoms with Crippen LogP contribution in [0.25, 0.3) is 11.3 Å². The topological polar surface area (TPSA) is 60.5 Å². The highest BCUT2D eigenvalue weighted by Crippen LogP contribution is 2.32. The molecule has 132 valence electrons. The van der Waals surface area contributed by atoms with Gasteiger partial charge in [-0.25, -0.2) is 13.8 Å². The predicted octanol–water partition coefficient (Wildman–Crippen LogP) is 3.87. The van der Waals surface area contributed by atoms with Crippen LogP contribution in [0.15, 0.2) is 47.8 Å². The molecule has 1 aliphatic heterocycles. The molecule has 1 atom stereocenters. The first-order chi connectivity index (χ1) is 12.6. The Hall–Kier alpha value is -3.00. The van der Waals surface area contributed by atoms with Gasteiger partial charge >= 0.3 is 0 Å². The molecular weight excluding hydrogens is 362 g/mol. The number of aromatic nitrogens is 1. The highest BCUT2D eigenvalue weighted by Gasteiger charge is 2.28. The summed E-state index contributed by atoms with van der Waals surface area (Å²) in [5, 5.41) is 4.50. The van der Waals surface area contributed by atoms with Crippen molar-refractivity contribution in [2.45, 2.75) is 6.10 Å². The van der Waals surface area contributed by atoms with Gasteiger partial charge < -0.3 is 9.47 Å². The lowest BCUT2D eigenvalue weighted by Crippen LogP contribution is -2.40. The second kappa shape index (κ2) is 6.72. The van der Waals surface area contributed by atoms with Crippen molar-refractivity contribution in [2.24, 2.45) is 0 Å². The van der Waals surface area contributed by atoms with Crippen LogP contribution in [-0.4, -0.2) is 23.6 Å². The van der Waals surface area contributed by atoms with Gasteiger partial charge in [-0.2, -0.15) is 0 Å². The highest BCUT2D eigenvalue weighted by molar-refractivity contribution is 7.14. The maximum atomic E-state index is 13.8. The largest absolute Gasteiger partial charge is 0.485 e. The van der Waals surface area contributed by atoms with Gasteiger partial charge in [-0.05, 0) is 24.3 Å². The zero-order chi connectivity index (χ0) is 18.1. The van der Waals surface area contributed by atoms with Crippen molar-refractivity contribution in [3.63, 3.8) is 0 Å². The van der Waals surface area contributed by atoms with Crippen LogP contribution in [0.5, 0.6) is 11.5 Å². The molecule has 0 saturated heterocycles. The minimum Gasteiger partial charge on any atom is -0.485 e. The van der Waals surface area contributed by atoms with E-state index >= 15 is 0 Å². The van der Waals surface area contributed by atoms with Crippen LogP contribution in [0, 0.1) is 11.6 Å². The average molecular weight is 374 g/mol. The summed E-state index contributed by atoms with van der Waals surface area (Å²) in [7, 11) is 0. The van der Waals surface area contributed by atoms with Crippen molar-refractivity contribution in [1.29, 1.82) is 0 Å². The Kier molecular flexibility index (Phi) is 4.26. The van der Waals surface area contributed by atoms with Gasteiger partial charge in [0.2, 0.25) is 6.10 Å². The van der Waals surface area contributed by atoms with Gasteiger partial charge in [0.05, 0.1) is 5.69 Å². The summed E-state index contributed by atoms with van der Waals surface area (Å²) in [4.78, 5) is 16.5. The number of thiazole rings is 1. The highest BCUT2D eigenvalue weighted by atomic mass is 32.1. The number of carbonyl (C=O) groups is 1. The van der Waals surface area contributed by atoms with E-state index in [4.69, 9.17) is 9.47 Å². The molecule has 1 amide bonds. The van der Waals surface area contributed by atoms with E-state index < -0.39 is 23.6 Å². The molecule has 4 rings (SSSR count). The number of benzene rings is 2. The van der Waals surface area contributed by atoms with E-state index in [9.17, 15) is 13.6 Å². The zero-order valence-electron chi connectivity index (χ0n) is 13.2. The molecule has 1 aliphatic rings. The second-order valence-electron chi connectivity index (χ2n) is 5.52. The van der Waals surface area contributed by atoms with E-state index in [0.717, 1.165) is 23.5 Å². The molecule has 0 saturated carbocycles. The predicted molar refractivity (Wildman–Crippen MR) is 92.4 cm³/mol. The molecule has 8 heteroatoms. The molecule has 0 aliphatic carbocycles. The van der Waals surface area contributed by atoms with Gasteiger partial charge in [0.25, 0.3) is 5.91 Å². The maximum absolute atomic E-state index is 13.8. The number of halogens is 2. The molecule has 0 bridgehead atoms. The summed E-state index contributed by atoms with van der Waals surface area (Å²) in [6.07, 6.45) is -0.820. The normalized spacial score (nSPS) is 15.5. The number of nitrogens with zero attached hydrogens (tertiary/aromatic N) is 1. The van der Waals surface area contributed by atoms with Crippen molar-refractivity contribution < 1.29 is 23.0 Å². The number of rotatable bonds is 3. The summed E-state index contributed by atoms with van der Waals surface area (Å²) in [6.45, 7) is 0.0771. The molecule has 1 unspecified atom stereocenters. The van der Waals surface area contributed by atoms with Crippen LogP contribution >= 0.6 is 11.3 Å². The lowest BCUT2D eigenvalue weighted by Gasteiger charge is -2.25. The standard InChI is InChI=1S/C18H12F2N2O3S/c19-10-5-6-11(12(20)7-10)13-9-26-18(21-13)22-17(23)16-8-24-14-3-1-2-4-15(14)25-16/h1-7,9,16H,8H2,(H,21,22,23). The molecule has 2 aromatic carbocycles. The third-order valence-corrected chi connectivity index (χ3v) is 4.50. The van der Waals surface area contributed by atoms with Crippen molar-refractivity contribution in [1.82, 2.24) is 4.98 Å². The Bertz CT molecular complexity index is 977. The number of para-hydroxylation sites is 2. The van der Waals surface area contributed by atoms with Crippen molar-refractivity contribution in [3.8, 4) is 22.8 Å². The van der Waals surface area contributed by atoms with Crippen LogP contribution in [0.3, 0.4) is 0 Å². The first-order valence-electron chi connectivity index (χ1n) is 7.70. The fourth-order valence-electron chi connectivity index (χ4n) is 2.49. The summed E-state index contributed by atoms with van der Waals surface area (Å²) < 4.78 is 38.0. The van der Waals surface area contributed by atoms with E-state index in [1.807, 2.05) is 6.07 Å². The average Bonchev–Trinajstić information content (AvgIpc) is 3.09. The number of amides is 1. The molecule has 0 fully saturated rings. The molecule has 2 heterocycles. The van der Waals surface area contributed by atoms with Crippen molar-refractivity contribution >= 4 is 22.4 Å². The molecule has 5 nitrogen and oxygen atoms in total. The van der Waals surface area contributed by atoms with Gasteiger partial charge in [0.1, 0.15) is 18.2 Å². The van der Waals surface area contributed by atoms with E-state index in [1.54, 1.807) is 23.6 Å². The van der Waals surface area contributed by atoms with Crippen molar-refractivity contribution in [3.05, 3.63) is 59.5 Å². The zero-order valence-corrected chi connectivity index (χ0v) is 14.1. The van der Waals surface area contributed by atoms with E-state index in [1.165, 1.54) is 6.07 Å². The molecule has 3 aromatic rings. The van der Waals surface area contributed by atoms with E-state index in [0.29, 0.717) is 17.2 Å². The first-order valence-corrected chi connectivity index (χ1v) is 8.58. The van der Waals surface area contributed by atoms with Gasteiger partial charge in [-0.1, -0.05) is 12.1 Å². The summed E-state index contributed by atoms with van der Waals surface area (Å²) >= 11 is 1.14. The number of ether oxygens (including phenoxy) is 2. The Morgan fingerprint density at radius 1 is 1.19 bits per heavy atom. The van der Waals surface area contributed by atoms with Gasteiger partial charge in [0, 0.05) is 17.0 Å². The summed E-state index contributed by atoms with van der Waals surface area (Å²) in [6, 6.07) is 10.3. The molecule has 26 heavy (non-hydrogen) atoms. The molecule has 1 N–H and O–H groups in total. The lowest BCUT2D eigenvalue weighted by atomic mass is 10.1. The monoisotopic (exact) mass is 374 g/mol. The Balaban J connectivity index is 1.47. The third kappa shape index (κ3) is 3.23. The Labute approximate surface area is 151 Å². The lowest BCUT2D eigenvalue weighted by molar-refractivity contribution is -0.125. The van der Waals surface area contributed by atoms with Crippen LogP contribution in [0.2, 0.25) is 0 Å². The third-order valence-electron chi connectivity index (χ3n) is 3.74. The number of carbonyl (C=O) groups excluding carboxylic acids is 1. The summed E-state index contributed by atoms with van der Waals surface area (Å²) in [5.74, 6) is -0.717. The van der Waals surface area contributed by atoms with Crippen LogP contribution in [-0.2, 0) is 4.79 Å². The number of fused-ring (bicyclic) bond motifs is 1.